The number of benzene rings is 1. The molecule has 0 amide bonds. The molecule has 0 saturated heterocycles. The molecule has 0 fully saturated rings. The number of carboxylic acid groups (broad SMARTS) is 1. The molecular weight excluding hydrogens is 204 g/mol. The molecule has 0 aliphatic rings. The second-order valence-corrected chi connectivity index (χ2v) is 3.39. The van der Waals surface area contributed by atoms with Crippen LogP contribution in [-0.4, -0.2) is 11.1 Å². The van der Waals surface area contributed by atoms with E-state index in [-0.39, 0.29) is 6.42 Å². The van der Waals surface area contributed by atoms with Gasteiger partial charge in [-0.1, -0.05) is 25.1 Å². The maximum Gasteiger partial charge on any atom is 0.307 e. The molecule has 1 aromatic carbocycles. The van der Waals surface area contributed by atoms with Gasteiger partial charge in [0.05, 0.1) is 12.2 Å². The number of hydrogen-bond donors (Lipinski definition) is 1. The van der Waals surface area contributed by atoms with Gasteiger partial charge in [-0.25, -0.2) is 0 Å². The smallest absolute Gasteiger partial charge is 0.307 e. The van der Waals surface area contributed by atoms with Crippen LogP contribution in [0.2, 0.25) is 0 Å². The van der Waals surface area contributed by atoms with Crippen LogP contribution >= 0.6 is 0 Å². The highest BCUT2D eigenvalue weighted by Crippen LogP contribution is 2.21. The lowest BCUT2D eigenvalue weighted by Gasteiger charge is -2.11. The molecule has 0 bridgehead atoms. The summed E-state index contributed by atoms with van der Waals surface area (Å²) in [5, 5.41) is 8.77. The standard InChI is InChI=1S/C13H16O3/c1-3-11(4-2)16-12-8-6-5-7-10(12)9-13(14)15/h3,5-8H,4,9H2,1-2H3,(H,14,15)/b11-3+. The van der Waals surface area contributed by atoms with Gasteiger partial charge in [-0.15, -0.1) is 0 Å². The van der Waals surface area contributed by atoms with Crippen molar-refractivity contribution in [3.8, 4) is 5.75 Å². The van der Waals surface area contributed by atoms with Crippen LogP contribution in [0, 0.1) is 0 Å². The number of para-hydroxylation sites is 1. The fourth-order valence-corrected chi connectivity index (χ4v) is 1.39. The van der Waals surface area contributed by atoms with Gasteiger partial charge in [-0.3, -0.25) is 4.79 Å². The minimum Gasteiger partial charge on any atom is -0.481 e. The molecule has 0 aromatic heterocycles. The molecule has 3 heteroatoms. The molecule has 0 spiro atoms. The third-order valence-corrected chi connectivity index (χ3v) is 2.23. The Balaban J connectivity index is 2.90. The first-order valence-corrected chi connectivity index (χ1v) is 5.30. The van der Waals surface area contributed by atoms with E-state index >= 15 is 0 Å². The Labute approximate surface area is 95.4 Å². The summed E-state index contributed by atoms with van der Waals surface area (Å²) in [6, 6.07) is 7.21. The normalized spacial score (nSPS) is 11.2. The second kappa shape index (κ2) is 5.95. The molecule has 1 N–H and O–H groups in total. The van der Waals surface area contributed by atoms with Crippen molar-refractivity contribution in [3.63, 3.8) is 0 Å². The first-order valence-electron chi connectivity index (χ1n) is 5.30. The third-order valence-electron chi connectivity index (χ3n) is 2.23. The van der Waals surface area contributed by atoms with Gasteiger partial charge in [0.2, 0.25) is 0 Å². The average Bonchev–Trinajstić information content (AvgIpc) is 2.27. The van der Waals surface area contributed by atoms with Gasteiger partial charge in [0, 0.05) is 12.0 Å². The van der Waals surface area contributed by atoms with Gasteiger partial charge >= 0.3 is 5.97 Å². The molecule has 1 aromatic rings. The Kier molecular flexibility index (Phi) is 4.58. The van der Waals surface area contributed by atoms with Crippen LogP contribution in [0.4, 0.5) is 0 Å². The van der Waals surface area contributed by atoms with Crippen molar-refractivity contribution in [2.75, 3.05) is 0 Å². The summed E-state index contributed by atoms with van der Waals surface area (Å²) in [6.45, 7) is 3.90. The molecule has 0 radical (unpaired) electrons. The summed E-state index contributed by atoms with van der Waals surface area (Å²) in [4.78, 5) is 10.7. The number of ether oxygens (including phenoxy) is 1. The number of hydrogen-bond acceptors (Lipinski definition) is 2. The Morgan fingerprint density at radius 2 is 2.12 bits per heavy atom. The number of carboxylic acids is 1. The molecule has 86 valence electrons. The summed E-state index contributed by atoms with van der Waals surface area (Å²) < 4.78 is 5.64. The fourth-order valence-electron chi connectivity index (χ4n) is 1.39. The van der Waals surface area contributed by atoms with Gasteiger partial charge in [0.1, 0.15) is 5.75 Å². The van der Waals surface area contributed by atoms with Gasteiger partial charge in [0.15, 0.2) is 0 Å². The lowest BCUT2D eigenvalue weighted by Crippen LogP contribution is -2.03. The maximum absolute atomic E-state index is 10.7. The minimum atomic E-state index is -0.852. The number of carbonyl (C=O) groups is 1. The highest BCUT2D eigenvalue weighted by Gasteiger charge is 2.08. The van der Waals surface area contributed by atoms with E-state index in [2.05, 4.69) is 0 Å². The fraction of sp³-hybridized carbons (Fsp3) is 0.308. The second-order valence-electron chi connectivity index (χ2n) is 3.39. The number of allylic oxidation sites excluding steroid dienone is 2. The van der Waals surface area contributed by atoms with Crippen molar-refractivity contribution in [3.05, 3.63) is 41.7 Å². The van der Waals surface area contributed by atoms with Crippen LogP contribution in [0.1, 0.15) is 25.8 Å². The van der Waals surface area contributed by atoms with Crippen molar-refractivity contribution in [2.24, 2.45) is 0 Å². The Hall–Kier alpha value is -1.77. The van der Waals surface area contributed by atoms with Crippen LogP contribution in [0.15, 0.2) is 36.1 Å². The van der Waals surface area contributed by atoms with E-state index in [4.69, 9.17) is 9.84 Å². The minimum absolute atomic E-state index is 0.0170. The lowest BCUT2D eigenvalue weighted by molar-refractivity contribution is -0.136. The molecule has 0 aliphatic carbocycles. The van der Waals surface area contributed by atoms with Gasteiger partial charge in [-0.05, 0) is 19.1 Å². The van der Waals surface area contributed by atoms with Crippen molar-refractivity contribution in [1.29, 1.82) is 0 Å². The summed E-state index contributed by atoms with van der Waals surface area (Å²) in [7, 11) is 0. The topological polar surface area (TPSA) is 46.5 Å². The van der Waals surface area contributed by atoms with E-state index in [0.29, 0.717) is 11.3 Å². The Morgan fingerprint density at radius 1 is 1.44 bits per heavy atom. The highest BCUT2D eigenvalue weighted by molar-refractivity contribution is 5.71. The molecule has 0 saturated carbocycles. The van der Waals surface area contributed by atoms with Gasteiger partial charge in [-0.2, -0.15) is 0 Å². The Morgan fingerprint density at radius 3 is 2.69 bits per heavy atom. The zero-order valence-electron chi connectivity index (χ0n) is 9.56. The van der Waals surface area contributed by atoms with Crippen molar-refractivity contribution in [1.82, 2.24) is 0 Å². The summed E-state index contributed by atoms with van der Waals surface area (Å²) in [5.41, 5.74) is 0.697. The quantitative estimate of drug-likeness (QED) is 0.776. The average molecular weight is 220 g/mol. The van der Waals surface area contributed by atoms with E-state index in [9.17, 15) is 4.79 Å². The Bertz CT molecular complexity index is 394. The van der Waals surface area contributed by atoms with Crippen LogP contribution in [0.25, 0.3) is 0 Å². The molecule has 3 nitrogen and oxygen atoms in total. The van der Waals surface area contributed by atoms with Crippen molar-refractivity contribution < 1.29 is 14.6 Å². The van der Waals surface area contributed by atoms with E-state index in [0.717, 1.165) is 12.2 Å². The van der Waals surface area contributed by atoms with E-state index in [1.807, 2.05) is 32.1 Å². The maximum atomic E-state index is 10.7. The lowest BCUT2D eigenvalue weighted by atomic mass is 10.1. The largest absolute Gasteiger partial charge is 0.481 e. The molecule has 0 heterocycles. The van der Waals surface area contributed by atoms with E-state index < -0.39 is 5.97 Å². The molecule has 16 heavy (non-hydrogen) atoms. The first kappa shape index (κ1) is 12.3. The molecule has 0 atom stereocenters. The van der Waals surface area contributed by atoms with Crippen molar-refractivity contribution in [2.45, 2.75) is 26.7 Å². The van der Waals surface area contributed by atoms with E-state index in [1.165, 1.54) is 0 Å². The van der Waals surface area contributed by atoms with Crippen molar-refractivity contribution >= 4 is 5.97 Å². The number of aliphatic carboxylic acids is 1. The summed E-state index contributed by atoms with van der Waals surface area (Å²) >= 11 is 0. The van der Waals surface area contributed by atoms with Gasteiger partial charge < -0.3 is 9.84 Å². The highest BCUT2D eigenvalue weighted by atomic mass is 16.5. The number of rotatable bonds is 5. The monoisotopic (exact) mass is 220 g/mol. The van der Waals surface area contributed by atoms with Crippen LogP contribution < -0.4 is 4.74 Å². The molecular formula is C13H16O3. The third kappa shape index (κ3) is 3.42. The zero-order chi connectivity index (χ0) is 12.0. The van der Waals surface area contributed by atoms with Crippen LogP contribution in [0.3, 0.4) is 0 Å². The molecule has 0 aliphatic heterocycles. The van der Waals surface area contributed by atoms with Gasteiger partial charge in [0.25, 0.3) is 0 Å². The van der Waals surface area contributed by atoms with Crippen LogP contribution in [0.5, 0.6) is 5.75 Å². The molecule has 1 rings (SSSR count). The molecule has 0 unspecified atom stereocenters. The predicted molar refractivity (Wildman–Crippen MR) is 62.5 cm³/mol. The van der Waals surface area contributed by atoms with Crippen LogP contribution in [-0.2, 0) is 11.2 Å². The summed E-state index contributed by atoms with van der Waals surface area (Å²) in [6.07, 6.45) is 2.66. The van der Waals surface area contributed by atoms with E-state index in [1.54, 1.807) is 12.1 Å². The first-order chi connectivity index (χ1) is 7.67. The zero-order valence-corrected chi connectivity index (χ0v) is 9.56. The predicted octanol–water partition coefficient (Wildman–Crippen LogP) is 3.01. The summed E-state index contributed by atoms with van der Waals surface area (Å²) in [5.74, 6) is 0.618. The SMILES string of the molecule is C/C=C(\CC)Oc1ccccc1CC(=O)O.